The van der Waals surface area contributed by atoms with Crippen molar-refractivity contribution in [3.8, 4) is 0 Å². The molecule has 0 aliphatic carbocycles. The number of non-ortho nitro benzene ring substituents is 1. The Balaban J connectivity index is 2.20. The van der Waals surface area contributed by atoms with Crippen molar-refractivity contribution in [3.05, 3.63) is 38.1 Å². The zero-order chi connectivity index (χ0) is 13.1. The molecule has 0 amide bonds. The summed E-state index contributed by atoms with van der Waals surface area (Å²) in [5, 5.41) is 26.9. The number of halogens is 2. The first-order valence-corrected chi connectivity index (χ1v) is 5.43. The largest absolute Gasteiger partial charge is 0.375 e. The molecule has 2 aromatic rings. The number of anilines is 1. The van der Waals surface area contributed by atoms with E-state index in [9.17, 15) is 10.1 Å². The first kappa shape index (κ1) is 12.5. The smallest absolute Gasteiger partial charge is 0.272 e. The van der Waals surface area contributed by atoms with Crippen LogP contribution >= 0.6 is 23.2 Å². The molecule has 0 unspecified atom stereocenters. The van der Waals surface area contributed by atoms with Gasteiger partial charge in [-0.3, -0.25) is 10.1 Å². The fraction of sp³-hybridized carbons (Fsp3) is 0.125. The van der Waals surface area contributed by atoms with Crippen LogP contribution in [0.15, 0.2) is 12.1 Å². The number of aromatic amines is 1. The highest BCUT2D eigenvalue weighted by Gasteiger charge is 2.14. The van der Waals surface area contributed by atoms with Crippen LogP contribution in [0.2, 0.25) is 10.0 Å². The molecule has 1 aromatic carbocycles. The summed E-state index contributed by atoms with van der Waals surface area (Å²) in [4.78, 5) is 10.0. The number of nitro benzene ring substituents is 1. The maximum atomic E-state index is 10.6. The van der Waals surface area contributed by atoms with Crippen LogP contribution in [0.1, 0.15) is 5.82 Å². The van der Waals surface area contributed by atoms with Gasteiger partial charge in [0.1, 0.15) is 0 Å². The summed E-state index contributed by atoms with van der Waals surface area (Å²) in [7, 11) is 0. The van der Waals surface area contributed by atoms with Gasteiger partial charge in [0.15, 0.2) is 5.82 Å². The Morgan fingerprint density at radius 3 is 2.56 bits per heavy atom. The highest BCUT2D eigenvalue weighted by atomic mass is 35.5. The topological polar surface area (TPSA) is 110 Å². The van der Waals surface area contributed by atoms with Crippen molar-refractivity contribution in [2.24, 2.45) is 0 Å². The second kappa shape index (κ2) is 5.15. The van der Waals surface area contributed by atoms with E-state index < -0.39 is 4.92 Å². The molecule has 0 atom stereocenters. The van der Waals surface area contributed by atoms with Crippen molar-refractivity contribution < 1.29 is 4.92 Å². The fourth-order valence-electron chi connectivity index (χ4n) is 1.26. The van der Waals surface area contributed by atoms with Gasteiger partial charge in [0.2, 0.25) is 0 Å². The molecule has 8 nitrogen and oxygen atoms in total. The number of tetrazole rings is 1. The quantitative estimate of drug-likeness (QED) is 0.658. The summed E-state index contributed by atoms with van der Waals surface area (Å²) >= 11 is 11.8. The normalized spacial score (nSPS) is 10.3. The van der Waals surface area contributed by atoms with Crippen LogP contribution in [0.3, 0.4) is 0 Å². The predicted molar refractivity (Wildman–Crippen MR) is 64.6 cm³/mol. The minimum absolute atomic E-state index is 0.151. The van der Waals surface area contributed by atoms with E-state index in [-0.39, 0.29) is 22.3 Å². The average Bonchev–Trinajstić information content (AvgIpc) is 2.80. The molecular weight excluding hydrogens is 283 g/mol. The summed E-state index contributed by atoms with van der Waals surface area (Å²) in [5.41, 5.74) is 0.212. The van der Waals surface area contributed by atoms with Gasteiger partial charge < -0.3 is 5.32 Å². The maximum Gasteiger partial charge on any atom is 0.272 e. The number of aromatic nitrogens is 4. The Kier molecular flexibility index (Phi) is 3.58. The minimum atomic E-state index is -0.569. The number of hydrogen-bond acceptors (Lipinski definition) is 6. The molecule has 0 aliphatic rings. The van der Waals surface area contributed by atoms with Gasteiger partial charge in [-0.15, -0.1) is 10.2 Å². The second-order valence-corrected chi connectivity index (χ2v) is 4.04. The number of nitro groups is 1. The van der Waals surface area contributed by atoms with Crippen molar-refractivity contribution in [2.45, 2.75) is 6.54 Å². The van der Waals surface area contributed by atoms with Crippen molar-refractivity contribution in [1.82, 2.24) is 20.6 Å². The first-order chi connectivity index (χ1) is 8.58. The molecule has 0 radical (unpaired) electrons. The molecule has 94 valence electrons. The molecular formula is C8H6Cl2N6O2. The third-order valence-corrected chi connectivity index (χ3v) is 2.65. The number of H-pyrrole nitrogens is 1. The van der Waals surface area contributed by atoms with Gasteiger partial charge in [0.25, 0.3) is 5.69 Å². The van der Waals surface area contributed by atoms with E-state index in [4.69, 9.17) is 23.2 Å². The van der Waals surface area contributed by atoms with Gasteiger partial charge >= 0.3 is 0 Å². The van der Waals surface area contributed by atoms with E-state index in [0.29, 0.717) is 11.5 Å². The molecule has 0 bridgehead atoms. The Bertz CT molecular complexity index is 550. The van der Waals surface area contributed by atoms with Crippen LogP contribution in [0.4, 0.5) is 11.4 Å². The van der Waals surface area contributed by atoms with Crippen molar-refractivity contribution in [2.75, 3.05) is 5.32 Å². The molecule has 0 spiro atoms. The van der Waals surface area contributed by atoms with Gasteiger partial charge in [-0.25, -0.2) is 0 Å². The maximum absolute atomic E-state index is 10.6. The van der Waals surface area contributed by atoms with Crippen LogP contribution in [0, 0.1) is 10.1 Å². The van der Waals surface area contributed by atoms with Crippen LogP contribution in [-0.4, -0.2) is 25.5 Å². The molecule has 1 heterocycles. The molecule has 1 aromatic heterocycles. The Labute approximate surface area is 110 Å². The summed E-state index contributed by atoms with van der Waals surface area (Å²) in [6.45, 7) is 0.244. The lowest BCUT2D eigenvalue weighted by Gasteiger charge is -2.08. The Morgan fingerprint density at radius 1 is 1.39 bits per heavy atom. The highest BCUT2D eigenvalue weighted by molar-refractivity contribution is 6.39. The summed E-state index contributed by atoms with van der Waals surface area (Å²) < 4.78 is 0. The Hall–Kier alpha value is -1.93. The van der Waals surface area contributed by atoms with Gasteiger partial charge in [-0.2, -0.15) is 5.21 Å². The molecule has 18 heavy (non-hydrogen) atoms. The predicted octanol–water partition coefficient (Wildman–Crippen LogP) is 2.03. The van der Waals surface area contributed by atoms with Crippen LogP contribution < -0.4 is 5.32 Å². The van der Waals surface area contributed by atoms with E-state index in [2.05, 4.69) is 25.9 Å². The lowest BCUT2D eigenvalue weighted by molar-refractivity contribution is -0.384. The van der Waals surface area contributed by atoms with Gasteiger partial charge in [-0.05, 0) is 0 Å². The molecule has 10 heteroatoms. The monoisotopic (exact) mass is 288 g/mol. The average molecular weight is 289 g/mol. The fourth-order valence-corrected chi connectivity index (χ4v) is 1.87. The standard InChI is InChI=1S/C8H6Cl2N6O2/c9-5-1-4(16(17)18)2-6(10)8(5)11-3-7-12-14-15-13-7/h1-2,11H,3H2,(H,12,13,14,15). The Morgan fingerprint density at radius 2 is 2.06 bits per heavy atom. The van der Waals surface area contributed by atoms with E-state index in [1.165, 1.54) is 12.1 Å². The third kappa shape index (κ3) is 2.66. The zero-order valence-electron chi connectivity index (χ0n) is 8.72. The summed E-state index contributed by atoms with van der Waals surface area (Å²) in [5.74, 6) is 0.417. The number of rotatable bonds is 4. The summed E-state index contributed by atoms with van der Waals surface area (Å²) in [6.07, 6.45) is 0. The van der Waals surface area contributed by atoms with Crippen LogP contribution in [0.25, 0.3) is 0 Å². The number of hydrogen-bond donors (Lipinski definition) is 2. The first-order valence-electron chi connectivity index (χ1n) is 4.67. The third-order valence-electron chi connectivity index (χ3n) is 2.05. The number of nitrogens with zero attached hydrogens (tertiary/aromatic N) is 4. The van der Waals surface area contributed by atoms with Crippen LogP contribution in [-0.2, 0) is 6.54 Å². The highest BCUT2D eigenvalue weighted by Crippen LogP contribution is 2.34. The van der Waals surface area contributed by atoms with Gasteiger partial charge in [0, 0.05) is 12.1 Å². The minimum Gasteiger partial charge on any atom is -0.375 e. The SMILES string of the molecule is O=[N+]([O-])c1cc(Cl)c(NCc2nn[nH]n2)c(Cl)c1. The zero-order valence-corrected chi connectivity index (χ0v) is 10.2. The van der Waals surface area contributed by atoms with E-state index in [0.717, 1.165) is 0 Å². The molecule has 0 fully saturated rings. The lowest BCUT2D eigenvalue weighted by atomic mass is 10.2. The van der Waals surface area contributed by atoms with Gasteiger partial charge in [-0.1, -0.05) is 28.4 Å². The number of benzene rings is 1. The van der Waals surface area contributed by atoms with Crippen molar-refractivity contribution in [3.63, 3.8) is 0 Å². The molecule has 0 saturated carbocycles. The van der Waals surface area contributed by atoms with Crippen molar-refractivity contribution in [1.29, 1.82) is 0 Å². The summed E-state index contributed by atoms with van der Waals surface area (Å²) in [6, 6.07) is 2.43. The van der Waals surface area contributed by atoms with E-state index >= 15 is 0 Å². The molecule has 2 N–H and O–H groups in total. The molecule has 2 rings (SSSR count). The lowest BCUT2D eigenvalue weighted by Crippen LogP contribution is -2.03. The second-order valence-electron chi connectivity index (χ2n) is 3.22. The molecule has 0 saturated heterocycles. The van der Waals surface area contributed by atoms with Gasteiger partial charge in [0.05, 0.1) is 27.2 Å². The van der Waals surface area contributed by atoms with Crippen LogP contribution in [0.5, 0.6) is 0 Å². The molecule has 0 aliphatic heterocycles. The number of nitrogens with one attached hydrogen (secondary N) is 2. The van der Waals surface area contributed by atoms with E-state index in [1.54, 1.807) is 0 Å². The van der Waals surface area contributed by atoms with Crippen molar-refractivity contribution >= 4 is 34.6 Å². The van der Waals surface area contributed by atoms with E-state index in [1.807, 2.05) is 0 Å².